The Balaban J connectivity index is 1.87. The van der Waals surface area contributed by atoms with Crippen molar-refractivity contribution in [1.29, 1.82) is 0 Å². The molecular formula is C16H11BrCl2N2O2. The van der Waals surface area contributed by atoms with E-state index in [1.807, 2.05) is 24.3 Å². The summed E-state index contributed by atoms with van der Waals surface area (Å²) in [5.74, 6) is -0.640. The predicted molar refractivity (Wildman–Crippen MR) is 95.1 cm³/mol. The number of hydrogen-bond donors (Lipinski definition) is 1. The summed E-state index contributed by atoms with van der Waals surface area (Å²) in [7, 11) is 0. The fraction of sp³-hybridized carbons (Fsp3) is 0.125. The van der Waals surface area contributed by atoms with Crippen LogP contribution in [0.3, 0.4) is 0 Å². The highest BCUT2D eigenvalue weighted by atomic mass is 79.9. The Morgan fingerprint density at radius 2 is 1.87 bits per heavy atom. The summed E-state index contributed by atoms with van der Waals surface area (Å²) < 4.78 is 0.822. The van der Waals surface area contributed by atoms with E-state index in [9.17, 15) is 9.59 Å². The number of anilines is 2. The third-order valence-corrected chi connectivity index (χ3v) is 4.73. The highest BCUT2D eigenvalue weighted by Gasteiger charge is 2.40. The number of para-hydroxylation sites is 1. The number of rotatable bonds is 3. The van der Waals surface area contributed by atoms with Crippen LogP contribution in [0.1, 0.15) is 6.42 Å². The van der Waals surface area contributed by atoms with Crippen LogP contribution in [-0.2, 0) is 9.59 Å². The summed E-state index contributed by atoms with van der Waals surface area (Å²) in [6.07, 6.45) is 0.0686. The van der Waals surface area contributed by atoms with E-state index in [1.165, 1.54) is 6.07 Å². The minimum Gasteiger partial charge on any atom is -0.372 e. The molecule has 0 aromatic heterocycles. The third kappa shape index (κ3) is 3.22. The largest absolute Gasteiger partial charge is 0.372 e. The number of amides is 2. The maximum atomic E-state index is 12.6. The summed E-state index contributed by atoms with van der Waals surface area (Å²) >= 11 is 15.4. The van der Waals surface area contributed by atoms with Crippen LogP contribution in [0.4, 0.5) is 11.4 Å². The molecule has 0 spiro atoms. The fourth-order valence-corrected chi connectivity index (χ4v) is 3.32. The molecule has 1 fully saturated rings. The number of imide groups is 1. The zero-order valence-electron chi connectivity index (χ0n) is 11.7. The van der Waals surface area contributed by atoms with Crippen LogP contribution in [0.15, 0.2) is 46.9 Å². The van der Waals surface area contributed by atoms with Crippen LogP contribution >= 0.6 is 39.1 Å². The average molecular weight is 414 g/mol. The van der Waals surface area contributed by atoms with Gasteiger partial charge in [-0.3, -0.25) is 9.59 Å². The smallest absolute Gasteiger partial charge is 0.256 e. The SMILES string of the molecule is O=C1C[C@H](Nc2ccccc2Br)C(=O)N1c1ccc(Cl)cc1Cl. The summed E-state index contributed by atoms with van der Waals surface area (Å²) in [5, 5.41) is 3.80. The predicted octanol–water partition coefficient (Wildman–Crippen LogP) is 4.50. The van der Waals surface area contributed by atoms with Crippen molar-refractivity contribution in [2.24, 2.45) is 0 Å². The number of halogens is 3. The van der Waals surface area contributed by atoms with Crippen molar-refractivity contribution in [3.63, 3.8) is 0 Å². The van der Waals surface area contributed by atoms with Crippen LogP contribution in [0.25, 0.3) is 0 Å². The van der Waals surface area contributed by atoms with Gasteiger partial charge in [-0.05, 0) is 46.3 Å². The zero-order chi connectivity index (χ0) is 16.6. The summed E-state index contributed by atoms with van der Waals surface area (Å²) in [6.45, 7) is 0. The van der Waals surface area contributed by atoms with Crippen molar-refractivity contribution in [2.75, 3.05) is 10.2 Å². The van der Waals surface area contributed by atoms with E-state index in [0.29, 0.717) is 10.7 Å². The summed E-state index contributed by atoms with van der Waals surface area (Å²) in [5.41, 5.74) is 1.10. The van der Waals surface area contributed by atoms with E-state index >= 15 is 0 Å². The Morgan fingerprint density at radius 1 is 1.13 bits per heavy atom. The number of nitrogens with one attached hydrogen (secondary N) is 1. The van der Waals surface area contributed by atoms with Gasteiger partial charge in [0.2, 0.25) is 5.91 Å². The van der Waals surface area contributed by atoms with Gasteiger partial charge in [-0.1, -0.05) is 35.3 Å². The molecule has 1 aliphatic rings. The van der Waals surface area contributed by atoms with Crippen LogP contribution in [-0.4, -0.2) is 17.9 Å². The molecule has 23 heavy (non-hydrogen) atoms. The number of benzene rings is 2. The third-order valence-electron chi connectivity index (χ3n) is 3.50. The molecule has 1 aliphatic heterocycles. The molecule has 0 unspecified atom stereocenters. The molecule has 2 aromatic carbocycles. The van der Waals surface area contributed by atoms with Crippen LogP contribution < -0.4 is 10.2 Å². The van der Waals surface area contributed by atoms with Crippen LogP contribution in [0.2, 0.25) is 10.0 Å². The van der Waals surface area contributed by atoms with Gasteiger partial charge in [0, 0.05) is 15.2 Å². The molecule has 0 aliphatic carbocycles. The molecule has 1 heterocycles. The first-order valence-electron chi connectivity index (χ1n) is 6.80. The normalized spacial score (nSPS) is 17.7. The number of hydrogen-bond acceptors (Lipinski definition) is 3. The molecule has 0 radical (unpaired) electrons. The molecule has 1 N–H and O–H groups in total. The zero-order valence-corrected chi connectivity index (χ0v) is 14.8. The number of carbonyl (C=O) groups is 2. The van der Waals surface area contributed by atoms with E-state index in [-0.39, 0.29) is 23.3 Å². The van der Waals surface area contributed by atoms with Gasteiger partial charge in [0.1, 0.15) is 6.04 Å². The van der Waals surface area contributed by atoms with Crippen molar-refractivity contribution in [3.05, 3.63) is 57.0 Å². The highest BCUT2D eigenvalue weighted by molar-refractivity contribution is 9.10. The van der Waals surface area contributed by atoms with Gasteiger partial charge < -0.3 is 5.32 Å². The monoisotopic (exact) mass is 412 g/mol. The molecule has 0 bridgehead atoms. The van der Waals surface area contributed by atoms with E-state index in [1.54, 1.807) is 12.1 Å². The van der Waals surface area contributed by atoms with Gasteiger partial charge >= 0.3 is 0 Å². The summed E-state index contributed by atoms with van der Waals surface area (Å²) in [4.78, 5) is 26.0. The van der Waals surface area contributed by atoms with Gasteiger partial charge in [-0.15, -0.1) is 0 Å². The van der Waals surface area contributed by atoms with Crippen molar-refractivity contribution in [3.8, 4) is 0 Å². The topological polar surface area (TPSA) is 49.4 Å². The minimum absolute atomic E-state index is 0.0686. The Morgan fingerprint density at radius 3 is 2.57 bits per heavy atom. The lowest BCUT2D eigenvalue weighted by Crippen LogP contribution is -2.35. The average Bonchev–Trinajstić information content (AvgIpc) is 2.77. The second-order valence-corrected chi connectivity index (χ2v) is 6.74. The Hall–Kier alpha value is -1.56. The highest BCUT2D eigenvalue weighted by Crippen LogP contribution is 2.33. The maximum absolute atomic E-state index is 12.6. The standard InChI is InChI=1S/C16H11BrCl2N2O2/c17-10-3-1-2-4-12(10)20-13-8-15(22)21(16(13)23)14-6-5-9(18)7-11(14)19/h1-7,13,20H,8H2/t13-/m0/s1. The second kappa shape index (κ2) is 6.51. The quantitative estimate of drug-likeness (QED) is 0.753. The molecule has 7 heteroatoms. The Labute approximate surface area is 151 Å². The first-order valence-corrected chi connectivity index (χ1v) is 8.35. The second-order valence-electron chi connectivity index (χ2n) is 5.04. The van der Waals surface area contributed by atoms with Crippen molar-refractivity contribution in [2.45, 2.75) is 12.5 Å². The van der Waals surface area contributed by atoms with Crippen LogP contribution in [0.5, 0.6) is 0 Å². The van der Waals surface area contributed by atoms with Gasteiger partial charge in [0.25, 0.3) is 5.91 Å². The number of carbonyl (C=O) groups excluding carboxylic acids is 2. The van der Waals surface area contributed by atoms with Crippen LogP contribution in [0, 0.1) is 0 Å². The molecular weight excluding hydrogens is 403 g/mol. The van der Waals surface area contributed by atoms with Gasteiger partial charge in [-0.25, -0.2) is 4.90 Å². The van der Waals surface area contributed by atoms with E-state index < -0.39 is 6.04 Å². The maximum Gasteiger partial charge on any atom is 0.256 e. The van der Waals surface area contributed by atoms with Crippen molar-refractivity contribution in [1.82, 2.24) is 0 Å². The molecule has 2 amide bonds. The molecule has 1 atom stereocenters. The van der Waals surface area contributed by atoms with Crippen molar-refractivity contribution < 1.29 is 9.59 Å². The first-order chi connectivity index (χ1) is 11.0. The van der Waals surface area contributed by atoms with Crippen molar-refractivity contribution >= 4 is 62.3 Å². The first kappa shape index (κ1) is 16.3. The van der Waals surface area contributed by atoms with Gasteiger partial charge in [0.05, 0.1) is 17.1 Å². The lowest BCUT2D eigenvalue weighted by atomic mass is 10.2. The lowest BCUT2D eigenvalue weighted by molar-refractivity contribution is -0.121. The molecule has 2 aromatic rings. The van der Waals surface area contributed by atoms with E-state index in [4.69, 9.17) is 23.2 Å². The molecule has 4 nitrogen and oxygen atoms in total. The Kier molecular flexibility index (Phi) is 4.62. The number of nitrogens with zero attached hydrogens (tertiary/aromatic N) is 1. The lowest BCUT2D eigenvalue weighted by Gasteiger charge is -2.17. The molecule has 118 valence electrons. The van der Waals surface area contributed by atoms with Gasteiger partial charge in [0.15, 0.2) is 0 Å². The van der Waals surface area contributed by atoms with Gasteiger partial charge in [-0.2, -0.15) is 0 Å². The van der Waals surface area contributed by atoms with E-state index in [0.717, 1.165) is 15.1 Å². The fourth-order valence-electron chi connectivity index (χ4n) is 2.43. The molecule has 3 rings (SSSR count). The molecule has 0 saturated carbocycles. The summed E-state index contributed by atoms with van der Waals surface area (Å²) in [6, 6.07) is 11.5. The van der Waals surface area contributed by atoms with E-state index in [2.05, 4.69) is 21.2 Å². The molecule has 1 saturated heterocycles. The minimum atomic E-state index is -0.632. The Bertz CT molecular complexity index is 797.